The van der Waals surface area contributed by atoms with Crippen molar-refractivity contribution in [1.29, 1.82) is 0 Å². The second-order valence-electron chi connectivity index (χ2n) is 6.46. The van der Waals surface area contributed by atoms with Gasteiger partial charge in [0.05, 0.1) is 5.60 Å². The van der Waals surface area contributed by atoms with Gasteiger partial charge < -0.3 is 10.5 Å². The third-order valence-corrected chi connectivity index (χ3v) is 4.82. The molecule has 0 aromatic rings. The van der Waals surface area contributed by atoms with Crippen LogP contribution in [0.4, 0.5) is 0 Å². The topological polar surface area (TPSA) is 38.5 Å². The van der Waals surface area contributed by atoms with E-state index < -0.39 is 0 Å². The first-order valence-corrected chi connectivity index (χ1v) is 7.05. The SMILES string of the molecule is COC(C)(C)CC(CN)N1CC2CCCC2C1. The first-order valence-electron chi connectivity index (χ1n) is 7.05. The number of nitrogens with zero attached hydrogens (tertiary/aromatic N) is 1. The quantitative estimate of drug-likeness (QED) is 0.797. The molecule has 0 amide bonds. The minimum atomic E-state index is -0.0538. The molecule has 3 nitrogen and oxygen atoms in total. The molecule has 17 heavy (non-hydrogen) atoms. The number of likely N-dealkylation sites (tertiary alicyclic amines) is 1. The number of ether oxygens (including phenoxy) is 1. The summed E-state index contributed by atoms with van der Waals surface area (Å²) in [4.78, 5) is 2.62. The van der Waals surface area contributed by atoms with Gasteiger partial charge in [-0.15, -0.1) is 0 Å². The third kappa shape index (κ3) is 3.01. The molecule has 2 aliphatic rings. The van der Waals surface area contributed by atoms with Crippen molar-refractivity contribution in [3.8, 4) is 0 Å². The van der Waals surface area contributed by atoms with Gasteiger partial charge in [0.1, 0.15) is 0 Å². The van der Waals surface area contributed by atoms with Crippen LogP contribution in [0.1, 0.15) is 39.5 Å². The van der Waals surface area contributed by atoms with Crippen molar-refractivity contribution in [1.82, 2.24) is 4.90 Å². The molecular formula is C14H28N2O. The maximum atomic E-state index is 5.97. The van der Waals surface area contributed by atoms with E-state index in [-0.39, 0.29) is 5.60 Å². The molecule has 0 radical (unpaired) electrons. The standard InChI is InChI=1S/C14H28N2O/c1-14(2,17-3)7-13(8-15)16-9-11-5-4-6-12(11)10-16/h11-13H,4-10,15H2,1-3H3. The fourth-order valence-electron chi connectivity index (χ4n) is 3.58. The molecule has 0 aromatic heterocycles. The Morgan fingerprint density at radius 3 is 2.35 bits per heavy atom. The lowest BCUT2D eigenvalue weighted by Gasteiger charge is -2.34. The van der Waals surface area contributed by atoms with Crippen LogP contribution in [0.5, 0.6) is 0 Å². The van der Waals surface area contributed by atoms with Crippen LogP contribution in [0.25, 0.3) is 0 Å². The molecule has 3 atom stereocenters. The van der Waals surface area contributed by atoms with Crippen LogP contribution in [0.2, 0.25) is 0 Å². The van der Waals surface area contributed by atoms with Gasteiger partial charge in [0.25, 0.3) is 0 Å². The molecule has 3 heteroatoms. The molecule has 1 aliphatic heterocycles. The smallest absolute Gasteiger partial charge is 0.0638 e. The van der Waals surface area contributed by atoms with E-state index in [1.165, 1.54) is 32.4 Å². The fourth-order valence-corrected chi connectivity index (χ4v) is 3.58. The normalized spacial score (nSPS) is 31.8. The largest absolute Gasteiger partial charge is 0.379 e. The van der Waals surface area contributed by atoms with Gasteiger partial charge in [-0.1, -0.05) is 6.42 Å². The summed E-state index contributed by atoms with van der Waals surface area (Å²) in [5, 5.41) is 0. The summed E-state index contributed by atoms with van der Waals surface area (Å²) in [5.74, 6) is 1.91. The average Bonchev–Trinajstić information content (AvgIpc) is 2.86. The fraction of sp³-hybridized carbons (Fsp3) is 1.00. The first kappa shape index (κ1) is 13.3. The van der Waals surface area contributed by atoms with E-state index in [0.717, 1.165) is 24.8 Å². The van der Waals surface area contributed by atoms with Gasteiger partial charge in [0.2, 0.25) is 0 Å². The molecule has 2 fully saturated rings. The lowest BCUT2D eigenvalue weighted by atomic mass is 9.97. The minimum absolute atomic E-state index is 0.0538. The lowest BCUT2D eigenvalue weighted by Crippen LogP contribution is -2.44. The van der Waals surface area contributed by atoms with E-state index >= 15 is 0 Å². The summed E-state index contributed by atoms with van der Waals surface area (Å²) >= 11 is 0. The Labute approximate surface area is 106 Å². The second-order valence-corrected chi connectivity index (χ2v) is 6.46. The third-order valence-electron chi connectivity index (χ3n) is 4.82. The zero-order valence-corrected chi connectivity index (χ0v) is 11.6. The summed E-state index contributed by atoms with van der Waals surface area (Å²) in [6.07, 6.45) is 5.36. The summed E-state index contributed by atoms with van der Waals surface area (Å²) in [6.45, 7) is 7.62. The predicted octanol–water partition coefficient (Wildman–Crippen LogP) is 1.86. The highest BCUT2D eigenvalue weighted by molar-refractivity contribution is 4.93. The van der Waals surface area contributed by atoms with Gasteiger partial charge in [0.15, 0.2) is 0 Å². The Morgan fingerprint density at radius 2 is 1.88 bits per heavy atom. The van der Waals surface area contributed by atoms with E-state index in [1.54, 1.807) is 7.11 Å². The van der Waals surface area contributed by atoms with Crippen LogP contribution < -0.4 is 5.73 Å². The number of hydrogen-bond acceptors (Lipinski definition) is 3. The maximum Gasteiger partial charge on any atom is 0.0638 e. The molecule has 1 saturated heterocycles. The van der Waals surface area contributed by atoms with Crippen molar-refractivity contribution in [2.45, 2.75) is 51.2 Å². The molecule has 0 bridgehead atoms. The molecule has 0 spiro atoms. The number of fused-ring (bicyclic) bond motifs is 1. The zero-order valence-electron chi connectivity index (χ0n) is 11.6. The molecule has 1 aliphatic carbocycles. The van der Waals surface area contributed by atoms with E-state index in [1.807, 2.05) is 0 Å². The van der Waals surface area contributed by atoms with Crippen molar-refractivity contribution >= 4 is 0 Å². The molecular weight excluding hydrogens is 212 g/mol. The van der Waals surface area contributed by atoms with E-state index in [0.29, 0.717) is 6.04 Å². The van der Waals surface area contributed by atoms with Crippen molar-refractivity contribution in [2.75, 3.05) is 26.7 Å². The zero-order chi connectivity index (χ0) is 12.5. The van der Waals surface area contributed by atoms with Crippen molar-refractivity contribution in [2.24, 2.45) is 17.6 Å². The average molecular weight is 240 g/mol. The first-order chi connectivity index (χ1) is 8.05. The van der Waals surface area contributed by atoms with Crippen LogP contribution in [0, 0.1) is 11.8 Å². The van der Waals surface area contributed by atoms with Crippen LogP contribution in [0.15, 0.2) is 0 Å². The van der Waals surface area contributed by atoms with E-state index in [4.69, 9.17) is 10.5 Å². The molecule has 1 saturated carbocycles. The minimum Gasteiger partial charge on any atom is -0.379 e. The summed E-state index contributed by atoms with van der Waals surface area (Å²) in [5.41, 5.74) is 5.91. The second kappa shape index (κ2) is 5.25. The molecule has 2 rings (SSSR count). The van der Waals surface area contributed by atoms with Gasteiger partial charge in [-0.25, -0.2) is 0 Å². The summed E-state index contributed by atoms with van der Waals surface area (Å²) < 4.78 is 5.54. The molecule has 3 unspecified atom stereocenters. The highest BCUT2D eigenvalue weighted by Gasteiger charge is 2.39. The lowest BCUT2D eigenvalue weighted by molar-refractivity contribution is -0.00566. The van der Waals surface area contributed by atoms with Crippen LogP contribution in [0.3, 0.4) is 0 Å². The highest BCUT2D eigenvalue weighted by atomic mass is 16.5. The number of methoxy groups -OCH3 is 1. The van der Waals surface area contributed by atoms with E-state index in [2.05, 4.69) is 18.7 Å². The van der Waals surface area contributed by atoms with Gasteiger partial charge in [-0.3, -0.25) is 4.90 Å². The van der Waals surface area contributed by atoms with Crippen LogP contribution >= 0.6 is 0 Å². The van der Waals surface area contributed by atoms with Crippen molar-refractivity contribution in [3.05, 3.63) is 0 Å². The Kier molecular flexibility index (Phi) is 4.11. The number of nitrogens with two attached hydrogens (primary N) is 1. The van der Waals surface area contributed by atoms with Crippen molar-refractivity contribution < 1.29 is 4.74 Å². The molecule has 2 N–H and O–H groups in total. The Balaban J connectivity index is 1.91. The number of rotatable bonds is 5. The highest BCUT2D eigenvalue weighted by Crippen LogP contribution is 2.39. The van der Waals surface area contributed by atoms with Crippen molar-refractivity contribution in [3.63, 3.8) is 0 Å². The van der Waals surface area contributed by atoms with E-state index in [9.17, 15) is 0 Å². The molecule has 100 valence electrons. The Morgan fingerprint density at radius 1 is 1.29 bits per heavy atom. The molecule has 1 heterocycles. The predicted molar refractivity (Wildman–Crippen MR) is 71.0 cm³/mol. The van der Waals surface area contributed by atoms with Crippen LogP contribution in [-0.2, 0) is 4.74 Å². The van der Waals surface area contributed by atoms with Gasteiger partial charge >= 0.3 is 0 Å². The van der Waals surface area contributed by atoms with Gasteiger partial charge in [-0.05, 0) is 44.9 Å². The number of hydrogen-bond donors (Lipinski definition) is 1. The monoisotopic (exact) mass is 240 g/mol. The summed E-state index contributed by atoms with van der Waals surface area (Å²) in [7, 11) is 1.80. The maximum absolute atomic E-state index is 5.97. The Bertz CT molecular complexity index is 243. The Hall–Kier alpha value is -0.120. The summed E-state index contributed by atoms with van der Waals surface area (Å²) in [6, 6.07) is 0.496. The van der Waals surface area contributed by atoms with Crippen LogP contribution in [-0.4, -0.2) is 43.3 Å². The van der Waals surface area contributed by atoms with Gasteiger partial charge in [-0.2, -0.15) is 0 Å². The molecule has 0 aromatic carbocycles. The van der Waals surface area contributed by atoms with Gasteiger partial charge in [0, 0.05) is 32.8 Å².